The summed E-state index contributed by atoms with van der Waals surface area (Å²) < 4.78 is 43.5. The minimum absolute atomic E-state index is 0.0406. The van der Waals surface area contributed by atoms with Gasteiger partial charge in [0.25, 0.3) is 0 Å². The van der Waals surface area contributed by atoms with Crippen LogP contribution in [0.25, 0.3) is 0 Å². The number of nitrogens with one attached hydrogen (secondary N) is 2. The van der Waals surface area contributed by atoms with Crippen molar-refractivity contribution in [3.63, 3.8) is 0 Å². The minimum Gasteiger partial charge on any atom is -0.444 e. The van der Waals surface area contributed by atoms with E-state index < -0.39 is 23.8 Å². The summed E-state index contributed by atoms with van der Waals surface area (Å²) >= 11 is 0. The van der Waals surface area contributed by atoms with Crippen LogP contribution in [0.5, 0.6) is 0 Å². The highest BCUT2D eigenvalue weighted by molar-refractivity contribution is 5.68. The van der Waals surface area contributed by atoms with Crippen LogP contribution < -0.4 is 10.6 Å². The van der Waals surface area contributed by atoms with Crippen molar-refractivity contribution in [3.8, 4) is 0 Å². The molecule has 2 rings (SSSR count). The van der Waals surface area contributed by atoms with Gasteiger partial charge in [0.15, 0.2) is 0 Å². The summed E-state index contributed by atoms with van der Waals surface area (Å²) in [7, 11) is 0. The first-order chi connectivity index (χ1) is 10.0. The van der Waals surface area contributed by atoms with Crippen LogP contribution in [0, 0.1) is 5.92 Å². The van der Waals surface area contributed by atoms with Gasteiger partial charge in [0.05, 0.1) is 5.92 Å². The van der Waals surface area contributed by atoms with Crippen molar-refractivity contribution < 1.29 is 22.7 Å². The van der Waals surface area contributed by atoms with Gasteiger partial charge in [0.2, 0.25) is 0 Å². The molecule has 0 spiro atoms. The van der Waals surface area contributed by atoms with Gasteiger partial charge in [0.1, 0.15) is 5.60 Å². The van der Waals surface area contributed by atoms with Crippen molar-refractivity contribution >= 4 is 6.09 Å². The van der Waals surface area contributed by atoms with Crippen LogP contribution in [0.3, 0.4) is 0 Å². The number of carbonyl (C=O) groups excluding carboxylic acids is 1. The molecule has 0 aliphatic heterocycles. The third-order valence-electron chi connectivity index (χ3n) is 4.08. The Bertz CT molecular complexity index is 407. The lowest BCUT2D eigenvalue weighted by Gasteiger charge is -2.31. The molecule has 4 unspecified atom stereocenters. The number of ether oxygens (including phenoxy) is 1. The first-order valence-corrected chi connectivity index (χ1v) is 7.87. The van der Waals surface area contributed by atoms with Crippen LogP contribution >= 0.6 is 0 Å². The summed E-state index contributed by atoms with van der Waals surface area (Å²) in [5.41, 5.74) is -0.550. The highest BCUT2D eigenvalue weighted by atomic mass is 19.4. The molecule has 2 aliphatic carbocycles. The van der Waals surface area contributed by atoms with E-state index in [4.69, 9.17) is 4.74 Å². The molecule has 4 nitrogen and oxygen atoms in total. The van der Waals surface area contributed by atoms with Gasteiger partial charge < -0.3 is 15.4 Å². The number of rotatable bonds is 3. The van der Waals surface area contributed by atoms with Crippen LogP contribution in [0.1, 0.15) is 52.9 Å². The Kier molecular flexibility index (Phi) is 4.94. The van der Waals surface area contributed by atoms with Gasteiger partial charge in [-0.25, -0.2) is 4.79 Å². The summed E-state index contributed by atoms with van der Waals surface area (Å²) in [5, 5.41) is 5.99. The molecule has 22 heavy (non-hydrogen) atoms. The number of alkyl carbamates (subject to hydrolysis) is 1. The Morgan fingerprint density at radius 3 is 2.36 bits per heavy atom. The Hall–Kier alpha value is -0.980. The quantitative estimate of drug-likeness (QED) is 0.838. The lowest BCUT2D eigenvalue weighted by molar-refractivity contribution is -0.183. The Morgan fingerprint density at radius 2 is 1.77 bits per heavy atom. The molecule has 0 aromatic rings. The normalized spacial score (nSPS) is 32.5. The van der Waals surface area contributed by atoms with Crippen LogP contribution in [-0.4, -0.2) is 36.0 Å². The maximum Gasteiger partial charge on any atom is 0.407 e. The molecule has 1 amide bonds. The van der Waals surface area contributed by atoms with E-state index in [-0.39, 0.29) is 31.0 Å². The van der Waals surface area contributed by atoms with Crippen molar-refractivity contribution in [1.82, 2.24) is 10.6 Å². The number of hydrogen-bond acceptors (Lipinski definition) is 3. The van der Waals surface area contributed by atoms with E-state index in [0.717, 1.165) is 12.8 Å². The molecule has 2 aliphatic rings. The van der Waals surface area contributed by atoms with E-state index in [9.17, 15) is 18.0 Å². The average Bonchev–Trinajstić information content (AvgIpc) is 3.03. The molecule has 2 fully saturated rings. The summed E-state index contributed by atoms with van der Waals surface area (Å²) in [5.74, 6) is -1.20. The molecule has 0 heterocycles. The first kappa shape index (κ1) is 17.4. The van der Waals surface area contributed by atoms with Crippen molar-refractivity contribution in [3.05, 3.63) is 0 Å². The number of halogens is 3. The summed E-state index contributed by atoms with van der Waals surface area (Å²) in [4.78, 5) is 11.6. The zero-order valence-electron chi connectivity index (χ0n) is 13.3. The van der Waals surface area contributed by atoms with Gasteiger partial charge in [-0.1, -0.05) is 6.42 Å². The van der Waals surface area contributed by atoms with Crippen molar-refractivity contribution in [2.75, 3.05) is 0 Å². The number of hydrogen-bond donors (Lipinski definition) is 2. The van der Waals surface area contributed by atoms with E-state index in [1.165, 1.54) is 0 Å². The van der Waals surface area contributed by atoms with Gasteiger partial charge in [-0.15, -0.1) is 0 Å². The standard InChI is InChI=1S/C15H25F3N2O2/c1-14(2,3)22-13(21)20-12-8-11(12)19-10-6-4-5-9(7-10)15(16,17)18/h9-12,19H,4-8H2,1-3H3,(H,20,21). The molecular weight excluding hydrogens is 297 g/mol. The second-order valence-corrected chi connectivity index (χ2v) is 7.36. The molecule has 0 aromatic carbocycles. The Balaban J connectivity index is 1.72. The molecule has 0 saturated heterocycles. The number of carbonyl (C=O) groups is 1. The van der Waals surface area contributed by atoms with E-state index in [1.807, 2.05) is 0 Å². The summed E-state index contributed by atoms with van der Waals surface area (Å²) in [6.45, 7) is 5.36. The third-order valence-corrected chi connectivity index (χ3v) is 4.08. The van der Waals surface area contributed by atoms with Gasteiger partial charge in [-0.2, -0.15) is 13.2 Å². The average molecular weight is 322 g/mol. The molecule has 7 heteroatoms. The van der Waals surface area contributed by atoms with E-state index in [0.29, 0.717) is 6.42 Å². The highest BCUT2D eigenvalue weighted by Gasteiger charge is 2.45. The van der Waals surface area contributed by atoms with Gasteiger partial charge in [-0.3, -0.25) is 0 Å². The molecule has 2 N–H and O–H groups in total. The smallest absolute Gasteiger partial charge is 0.407 e. The Labute approximate surface area is 129 Å². The molecule has 2 saturated carbocycles. The first-order valence-electron chi connectivity index (χ1n) is 7.87. The van der Waals surface area contributed by atoms with Crippen LogP contribution in [0.4, 0.5) is 18.0 Å². The fourth-order valence-electron chi connectivity index (χ4n) is 2.94. The maximum atomic E-state index is 12.8. The van der Waals surface area contributed by atoms with Gasteiger partial charge in [0, 0.05) is 18.1 Å². The zero-order chi connectivity index (χ0) is 16.5. The van der Waals surface area contributed by atoms with Gasteiger partial charge in [-0.05, 0) is 46.5 Å². The topological polar surface area (TPSA) is 50.4 Å². The predicted molar refractivity (Wildman–Crippen MR) is 76.5 cm³/mol. The van der Waals surface area contributed by atoms with Crippen LogP contribution in [0.2, 0.25) is 0 Å². The summed E-state index contributed by atoms with van der Waals surface area (Å²) in [6.07, 6.45) is -2.10. The van der Waals surface area contributed by atoms with E-state index >= 15 is 0 Å². The fraction of sp³-hybridized carbons (Fsp3) is 0.933. The van der Waals surface area contributed by atoms with Gasteiger partial charge >= 0.3 is 12.3 Å². The summed E-state index contributed by atoms with van der Waals surface area (Å²) in [6, 6.07) is -0.0959. The second kappa shape index (κ2) is 6.26. The molecule has 128 valence electrons. The molecule has 4 atom stereocenters. The van der Waals surface area contributed by atoms with Crippen LogP contribution in [0.15, 0.2) is 0 Å². The van der Waals surface area contributed by atoms with Crippen molar-refractivity contribution in [2.24, 2.45) is 5.92 Å². The fourth-order valence-corrected chi connectivity index (χ4v) is 2.94. The largest absolute Gasteiger partial charge is 0.444 e. The number of amides is 1. The zero-order valence-corrected chi connectivity index (χ0v) is 13.3. The molecular formula is C15H25F3N2O2. The SMILES string of the molecule is CC(C)(C)OC(=O)NC1CC1NC1CCCC(C(F)(F)F)C1. The third kappa shape index (κ3) is 5.34. The minimum atomic E-state index is -4.10. The Morgan fingerprint density at radius 1 is 1.09 bits per heavy atom. The number of alkyl halides is 3. The molecule has 0 radical (unpaired) electrons. The van der Waals surface area contributed by atoms with Crippen LogP contribution in [-0.2, 0) is 4.74 Å². The van der Waals surface area contributed by atoms with E-state index in [2.05, 4.69) is 10.6 Å². The lowest BCUT2D eigenvalue weighted by atomic mass is 9.85. The molecule has 0 aromatic heterocycles. The van der Waals surface area contributed by atoms with Crippen molar-refractivity contribution in [1.29, 1.82) is 0 Å². The second-order valence-electron chi connectivity index (χ2n) is 7.36. The van der Waals surface area contributed by atoms with E-state index in [1.54, 1.807) is 20.8 Å². The predicted octanol–water partition coefficient (Wildman–Crippen LogP) is 3.36. The maximum absolute atomic E-state index is 12.8. The monoisotopic (exact) mass is 322 g/mol. The van der Waals surface area contributed by atoms with Crippen molar-refractivity contribution in [2.45, 2.75) is 82.8 Å². The molecule has 0 bridgehead atoms. The lowest BCUT2D eigenvalue weighted by Crippen LogP contribution is -2.42. The highest BCUT2D eigenvalue weighted by Crippen LogP contribution is 2.38.